The zero-order chi connectivity index (χ0) is 23.9. The first-order valence-corrected chi connectivity index (χ1v) is 11.6. The maximum Gasteiger partial charge on any atom is 0.263 e. The van der Waals surface area contributed by atoms with Gasteiger partial charge in [-0.15, -0.1) is 0 Å². The summed E-state index contributed by atoms with van der Waals surface area (Å²) in [7, 11) is 0. The van der Waals surface area contributed by atoms with Gasteiger partial charge in [0.05, 0.1) is 30.2 Å². The number of anilines is 1. The number of hydrogen-bond acceptors (Lipinski definition) is 6. The lowest BCUT2D eigenvalue weighted by molar-refractivity contribution is 0.235. The lowest BCUT2D eigenvalue weighted by Crippen LogP contribution is -2.24. The number of pyridine rings is 1. The van der Waals surface area contributed by atoms with Crippen molar-refractivity contribution in [3.8, 4) is 5.69 Å². The number of nitrogens with two attached hydrogens (primary N) is 1. The Morgan fingerprint density at radius 2 is 1.91 bits per heavy atom. The van der Waals surface area contributed by atoms with Gasteiger partial charge in [-0.05, 0) is 48.9 Å². The summed E-state index contributed by atoms with van der Waals surface area (Å²) in [6.07, 6.45) is 4.94. The highest BCUT2D eigenvalue weighted by molar-refractivity contribution is 5.95. The van der Waals surface area contributed by atoms with Crippen LogP contribution in [0.15, 0.2) is 72.0 Å². The summed E-state index contributed by atoms with van der Waals surface area (Å²) in [6, 6.07) is 17.6. The first-order chi connectivity index (χ1) is 17.1. The molecule has 8 nitrogen and oxygen atoms in total. The summed E-state index contributed by atoms with van der Waals surface area (Å²) in [6.45, 7) is 2.98. The fourth-order valence-electron chi connectivity index (χ4n) is 4.82. The van der Waals surface area contributed by atoms with Gasteiger partial charge in [-0.25, -0.2) is 14.6 Å². The second kappa shape index (κ2) is 8.39. The smallest absolute Gasteiger partial charge is 0.263 e. The van der Waals surface area contributed by atoms with Crippen LogP contribution in [-0.4, -0.2) is 30.9 Å². The monoisotopic (exact) mass is 464 g/mol. The van der Waals surface area contributed by atoms with E-state index in [1.54, 1.807) is 15.5 Å². The minimum Gasteiger partial charge on any atom is -0.501 e. The van der Waals surface area contributed by atoms with E-state index in [0.717, 1.165) is 46.4 Å². The van der Waals surface area contributed by atoms with E-state index in [1.165, 1.54) is 6.33 Å². The van der Waals surface area contributed by atoms with E-state index in [-0.39, 0.29) is 5.56 Å². The van der Waals surface area contributed by atoms with Crippen LogP contribution in [0.5, 0.6) is 0 Å². The number of aryl methyl sites for hydroxylation is 1. The second-order valence-corrected chi connectivity index (χ2v) is 8.73. The molecule has 0 radical (unpaired) electrons. The largest absolute Gasteiger partial charge is 0.501 e. The van der Waals surface area contributed by atoms with Gasteiger partial charge < -0.3 is 10.5 Å². The van der Waals surface area contributed by atoms with E-state index in [2.05, 4.69) is 16.0 Å². The molecule has 3 aromatic heterocycles. The molecule has 6 rings (SSSR count). The van der Waals surface area contributed by atoms with Gasteiger partial charge in [0.2, 0.25) is 0 Å². The van der Waals surface area contributed by atoms with E-state index in [4.69, 9.17) is 15.6 Å². The maximum absolute atomic E-state index is 13.8. The standard InChI is InChI=1S/C27H24N6O2/c1-17-7-5-8-18-13-21(33(27(34)22(17)18)20-10-3-2-4-11-20)14-32-26-23(25(28)29-16-30-26)24(31-32)19-9-6-12-35-15-19/h2-5,7-8,10-11,13,15-16H,6,9,12,14H2,1H3,(H2,28,29,30). The average molecular weight is 465 g/mol. The molecule has 2 N–H and O–H groups in total. The summed E-state index contributed by atoms with van der Waals surface area (Å²) < 4.78 is 9.13. The van der Waals surface area contributed by atoms with Crippen LogP contribution in [0.2, 0.25) is 0 Å². The van der Waals surface area contributed by atoms with E-state index < -0.39 is 0 Å². The summed E-state index contributed by atoms with van der Waals surface area (Å²) in [5.41, 5.74) is 11.1. The van der Waals surface area contributed by atoms with Crippen molar-refractivity contribution in [2.24, 2.45) is 0 Å². The molecule has 1 aliphatic heterocycles. The molecule has 0 spiro atoms. The number of rotatable bonds is 4. The maximum atomic E-state index is 13.8. The Morgan fingerprint density at radius 3 is 2.71 bits per heavy atom. The van der Waals surface area contributed by atoms with E-state index in [0.29, 0.717) is 35.4 Å². The van der Waals surface area contributed by atoms with Gasteiger partial charge in [-0.3, -0.25) is 9.36 Å². The molecule has 0 fully saturated rings. The van der Waals surface area contributed by atoms with Crippen LogP contribution in [-0.2, 0) is 11.3 Å². The van der Waals surface area contributed by atoms with Crippen LogP contribution in [0, 0.1) is 6.92 Å². The number of benzene rings is 2. The number of para-hydroxylation sites is 1. The zero-order valence-corrected chi connectivity index (χ0v) is 19.3. The molecule has 174 valence electrons. The summed E-state index contributed by atoms with van der Waals surface area (Å²) in [5.74, 6) is 0.373. The summed E-state index contributed by atoms with van der Waals surface area (Å²) in [5, 5.41) is 7.21. The highest BCUT2D eigenvalue weighted by Crippen LogP contribution is 2.31. The molecule has 0 saturated carbocycles. The van der Waals surface area contributed by atoms with Crippen LogP contribution in [0.3, 0.4) is 0 Å². The normalized spacial score (nSPS) is 13.7. The second-order valence-electron chi connectivity index (χ2n) is 8.73. The average Bonchev–Trinajstić information content (AvgIpc) is 3.25. The van der Waals surface area contributed by atoms with Crippen molar-refractivity contribution in [2.45, 2.75) is 26.3 Å². The number of aromatic nitrogens is 5. The topological polar surface area (TPSA) is 101 Å². The molecule has 2 aromatic carbocycles. The van der Waals surface area contributed by atoms with Gasteiger partial charge >= 0.3 is 0 Å². The Kier molecular flexibility index (Phi) is 5.06. The van der Waals surface area contributed by atoms with Crippen molar-refractivity contribution in [2.75, 3.05) is 12.3 Å². The molecule has 5 aromatic rings. The molecule has 4 heterocycles. The first kappa shape index (κ1) is 21.1. The van der Waals surface area contributed by atoms with Crippen LogP contribution in [0.25, 0.3) is 33.1 Å². The molecule has 0 atom stereocenters. The lowest BCUT2D eigenvalue weighted by atomic mass is 10.1. The Morgan fingerprint density at radius 1 is 1.06 bits per heavy atom. The highest BCUT2D eigenvalue weighted by Gasteiger charge is 2.22. The van der Waals surface area contributed by atoms with Crippen LogP contribution < -0.4 is 11.3 Å². The van der Waals surface area contributed by atoms with Crippen molar-refractivity contribution in [1.82, 2.24) is 24.3 Å². The molecule has 1 aliphatic rings. The number of allylic oxidation sites excluding steroid dienone is 1. The van der Waals surface area contributed by atoms with Crippen LogP contribution in [0.4, 0.5) is 5.82 Å². The predicted octanol–water partition coefficient (Wildman–Crippen LogP) is 4.22. The zero-order valence-electron chi connectivity index (χ0n) is 19.3. The predicted molar refractivity (Wildman–Crippen MR) is 136 cm³/mol. The van der Waals surface area contributed by atoms with Gasteiger partial charge in [0.1, 0.15) is 17.8 Å². The number of fused-ring (bicyclic) bond motifs is 2. The molecular formula is C27H24N6O2. The Labute approximate surface area is 201 Å². The minimum atomic E-state index is -0.0592. The molecule has 0 saturated heterocycles. The number of nitrogens with zero attached hydrogens (tertiary/aromatic N) is 5. The van der Waals surface area contributed by atoms with Gasteiger partial charge in [0, 0.05) is 17.0 Å². The molecular weight excluding hydrogens is 440 g/mol. The molecule has 8 heteroatoms. The van der Waals surface area contributed by atoms with Gasteiger partial charge in [0.15, 0.2) is 5.65 Å². The molecule has 35 heavy (non-hydrogen) atoms. The minimum absolute atomic E-state index is 0.0592. The third-order valence-corrected chi connectivity index (χ3v) is 6.45. The quantitative estimate of drug-likeness (QED) is 0.427. The third kappa shape index (κ3) is 3.54. The van der Waals surface area contributed by atoms with Crippen molar-refractivity contribution < 1.29 is 4.74 Å². The Hall–Kier alpha value is -4.46. The number of ether oxygens (including phenoxy) is 1. The SMILES string of the molecule is Cc1cccc2cc(Cn3nc(C4=COCCC4)c4c(N)ncnc43)n(-c3ccccc3)c(=O)c12. The van der Waals surface area contributed by atoms with E-state index in [9.17, 15) is 4.79 Å². The fraction of sp³-hybridized carbons (Fsp3) is 0.185. The van der Waals surface area contributed by atoms with Crippen LogP contribution in [0.1, 0.15) is 29.8 Å². The lowest BCUT2D eigenvalue weighted by Gasteiger charge is -2.16. The highest BCUT2D eigenvalue weighted by atomic mass is 16.5. The molecule has 0 bridgehead atoms. The molecule has 0 unspecified atom stereocenters. The van der Waals surface area contributed by atoms with Gasteiger partial charge in [-0.1, -0.05) is 36.4 Å². The van der Waals surface area contributed by atoms with Gasteiger partial charge in [-0.2, -0.15) is 5.10 Å². The van der Waals surface area contributed by atoms with Crippen molar-refractivity contribution >= 4 is 33.2 Å². The third-order valence-electron chi connectivity index (χ3n) is 6.45. The molecule has 0 amide bonds. The van der Waals surface area contributed by atoms with Crippen molar-refractivity contribution in [1.29, 1.82) is 0 Å². The number of hydrogen-bond donors (Lipinski definition) is 1. The summed E-state index contributed by atoms with van der Waals surface area (Å²) in [4.78, 5) is 22.5. The molecule has 0 aliphatic carbocycles. The van der Waals surface area contributed by atoms with E-state index in [1.807, 2.05) is 55.5 Å². The van der Waals surface area contributed by atoms with Crippen molar-refractivity contribution in [3.05, 3.63) is 94.5 Å². The van der Waals surface area contributed by atoms with Gasteiger partial charge in [0.25, 0.3) is 5.56 Å². The Balaban J connectivity index is 1.59. The van der Waals surface area contributed by atoms with E-state index >= 15 is 0 Å². The van der Waals surface area contributed by atoms with Crippen LogP contribution >= 0.6 is 0 Å². The summed E-state index contributed by atoms with van der Waals surface area (Å²) >= 11 is 0. The Bertz CT molecular complexity index is 1670. The number of nitrogen functional groups attached to an aromatic ring is 1. The van der Waals surface area contributed by atoms with Crippen molar-refractivity contribution in [3.63, 3.8) is 0 Å². The fourth-order valence-corrected chi connectivity index (χ4v) is 4.82. The first-order valence-electron chi connectivity index (χ1n) is 11.6.